The number of nitrogens with zero attached hydrogens (tertiary/aromatic N) is 1. The molecule has 158 valence electrons. The van der Waals surface area contributed by atoms with Gasteiger partial charge in [0.1, 0.15) is 11.6 Å². The first kappa shape index (κ1) is 21.8. The molecular weight excluding hydrogens is 377 g/mol. The third kappa shape index (κ3) is 4.33. The van der Waals surface area contributed by atoms with E-state index in [9.17, 15) is 14.3 Å². The Labute approximate surface area is 178 Å². The maximum atomic E-state index is 14.9. The van der Waals surface area contributed by atoms with Crippen LogP contribution >= 0.6 is 0 Å². The summed E-state index contributed by atoms with van der Waals surface area (Å²) in [5.74, 6) is -0.0807. The van der Waals surface area contributed by atoms with Crippen molar-refractivity contribution in [1.82, 2.24) is 0 Å². The van der Waals surface area contributed by atoms with Gasteiger partial charge in [-0.25, -0.2) is 4.39 Å². The second kappa shape index (κ2) is 9.29. The maximum absolute atomic E-state index is 14.9. The fraction of sp³-hybridized carbons (Fsp3) is 0.346. The molecule has 1 fully saturated rings. The molecule has 1 amide bonds. The van der Waals surface area contributed by atoms with Crippen LogP contribution in [0.2, 0.25) is 0 Å². The highest BCUT2D eigenvalue weighted by Gasteiger charge is 2.25. The molecule has 1 unspecified atom stereocenters. The Morgan fingerprint density at radius 3 is 2.67 bits per heavy atom. The minimum Gasteiger partial charge on any atom is -0.507 e. The molecule has 1 atom stereocenters. The van der Waals surface area contributed by atoms with E-state index in [-0.39, 0.29) is 17.6 Å². The predicted octanol–water partition coefficient (Wildman–Crippen LogP) is 6.72. The molecule has 0 aromatic heterocycles. The van der Waals surface area contributed by atoms with Crippen molar-refractivity contribution in [3.63, 3.8) is 0 Å². The van der Waals surface area contributed by atoms with Crippen molar-refractivity contribution >= 4 is 17.2 Å². The van der Waals surface area contributed by atoms with Crippen molar-refractivity contribution in [2.24, 2.45) is 5.92 Å². The van der Waals surface area contributed by atoms with Gasteiger partial charge in [0.15, 0.2) is 0 Å². The third-order valence-corrected chi connectivity index (χ3v) is 5.95. The smallest absolute Gasteiger partial charge is 0.227 e. The molecule has 0 spiro atoms. The monoisotopic (exact) mass is 407 g/mol. The fourth-order valence-corrected chi connectivity index (χ4v) is 3.84. The SMILES string of the molecule is C/C=C(C)\C=C(\c1cccc(-c2ccc(N3CCCC3=O)c(F)c2)c1O)C(C)CC. The number of halogens is 1. The van der Waals surface area contributed by atoms with Crippen molar-refractivity contribution in [3.05, 3.63) is 65.5 Å². The average molecular weight is 408 g/mol. The highest BCUT2D eigenvalue weighted by Crippen LogP contribution is 2.40. The summed E-state index contributed by atoms with van der Waals surface area (Å²) in [5.41, 5.74) is 4.43. The number of phenolic OH excluding ortho intramolecular Hbond substituents is 1. The van der Waals surface area contributed by atoms with E-state index in [1.54, 1.807) is 18.2 Å². The first-order chi connectivity index (χ1) is 14.4. The molecular formula is C26H30FNO2. The van der Waals surface area contributed by atoms with Gasteiger partial charge < -0.3 is 10.0 Å². The summed E-state index contributed by atoms with van der Waals surface area (Å²) >= 11 is 0. The van der Waals surface area contributed by atoms with E-state index in [2.05, 4.69) is 19.9 Å². The lowest BCUT2D eigenvalue weighted by atomic mass is 9.88. The number of aromatic hydroxyl groups is 1. The van der Waals surface area contributed by atoms with Crippen LogP contribution in [0, 0.1) is 11.7 Å². The van der Waals surface area contributed by atoms with Gasteiger partial charge in [0.05, 0.1) is 5.69 Å². The summed E-state index contributed by atoms with van der Waals surface area (Å²) in [6.07, 6.45) is 6.30. The van der Waals surface area contributed by atoms with E-state index < -0.39 is 5.82 Å². The Balaban J connectivity index is 2.05. The van der Waals surface area contributed by atoms with E-state index in [4.69, 9.17) is 0 Å². The van der Waals surface area contributed by atoms with Crippen molar-refractivity contribution in [3.8, 4) is 16.9 Å². The van der Waals surface area contributed by atoms with E-state index >= 15 is 0 Å². The quantitative estimate of drug-likeness (QED) is 0.540. The predicted molar refractivity (Wildman–Crippen MR) is 122 cm³/mol. The number of phenols is 1. The number of allylic oxidation sites excluding steroid dienone is 4. The minimum absolute atomic E-state index is 0.0471. The first-order valence-electron chi connectivity index (χ1n) is 10.6. The van der Waals surface area contributed by atoms with Crippen molar-refractivity contribution in [2.45, 2.75) is 47.0 Å². The molecule has 0 saturated carbocycles. The summed E-state index contributed by atoms with van der Waals surface area (Å²) in [6.45, 7) is 8.84. The fourth-order valence-electron chi connectivity index (χ4n) is 3.84. The molecule has 1 saturated heterocycles. The van der Waals surface area contributed by atoms with E-state index in [0.29, 0.717) is 29.8 Å². The normalized spacial score (nSPS) is 16.3. The van der Waals surface area contributed by atoms with E-state index in [0.717, 1.165) is 29.6 Å². The Bertz CT molecular complexity index is 1010. The summed E-state index contributed by atoms with van der Waals surface area (Å²) in [4.78, 5) is 13.5. The van der Waals surface area contributed by atoms with E-state index in [1.807, 2.05) is 32.1 Å². The van der Waals surface area contributed by atoms with Crippen molar-refractivity contribution in [1.29, 1.82) is 0 Å². The number of anilines is 1. The molecule has 1 N–H and O–H groups in total. The Kier molecular flexibility index (Phi) is 6.76. The van der Waals surface area contributed by atoms with Crippen LogP contribution in [0.15, 0.2) is 54.1 Å². The van der Waals surface area contributed by atoms with Crippen LogP contribution in [0.3, 0.4) is 0 Å². The molecule has 1 aliphatic rings. The number of hydrogen-bond acceptors (Lipinski definition) is 2. The summed E-state index contributed by atoms with van der Waals surface area (Å²) in [5, 5.41) is 11.1. The van der Waals surface area contributed by atoms with Gasteiger partial charge in [-0.2, -0.15) is 0 Å². The number of benzene rings is 2. The van der Waals surface area contributed by atoms with Crippen LogP contribution in [0.1, 0.15) is 52.5 Å². The molecule has 30 heavy (non-hydrogen) atoms. The molecule has 2 aromatic carbocycles. The molecule has 0 aliphatic carbocycles. The number of amides is 1. The van der Waals surface area contributed by atoms with Crippen molar-refractivity contribution in [2.75, 3.05) is 11.4 Å². The van der Waals surface area contributed by atoms with Crippen LogP contribution in [-0.4, -0.2) is 17.6 Å². The average Bonchev–Trinajstić information content (AvgIpc) is 3.17. The zero-order chi connectivity index (χ0) is 21.8. The highest BCUT2D eigenvalue weighted by molar-refractivity contribution is 5.95. The number of carbonyl (C=O) groups is 1. The molecule has 1 heterocycles. The van der Waals surface area contributed by atoms with Crippen LogP contribution in [-0.2, 0) is 4.79 Å². The summed E-state index contributed by atoms with van der Waals surface area (Å²) in [6, 6.07) is 10.4. The van der Waals surface area contributed by atoms with Gasteiger partial charge in [0.25, 0.3) is 0 Å². The lowest BCUT2D eigenvalue weighted by Gasteiger charge is -2.19. The topological polar surface area (TPSA) is 40.5 Å². The molecule has 2 aromatic rings. The minimum atomic E-state index is -0.449. The van der Waals surface area contributed by atoms with Gasteiger partial charge in [0, 0.05) is 24.1 Å². The van der Waals surface area contributed by atoms with Gasteiger partial charge in [0.2, 0.25) is 5.91 Å². The first-order valence-corrected chi connectivity index (χ1v) is 10.6. The standard InChI is InChI=1S/C26H30FNO2/c1-5-17(3)15-22(18(4)6-2)21-10-7-9-20(26(21)30)19-12-13-24(23(27)16-19)28-14-8-11-25(28)29/h5,7,9-10,12-13,15-16,18,30H,6,8,11,14H2,1-4H3/b17-5-,22-15+. The molecule has 3 nitrogen and oxygen atoms in total. The second-order valence-corrected chi connectivity index (χ2v) is 7.96. The molecule has 3 rings (SSSR count). The largest absolute Gasteiger partial charge is 0.507 e. The van der Waals surface area contributed by atoms with Gasteiger partial charge in [-0.05, 0) is 55.9 Å². The molecule has 4 heteroatoms. The molecule has 1 aliphatic heterocycles. The van der Waals surface area contributed by atoms with Gasteiger partial charge >= 0.3 is 0 Å². The van der Waals surface area contributed by atoms with Crippen molar-refractivity contribution < 1.29 is 14.3 Å². The lowest BCUT2D eigenvalue weighted by Crippen LogP contribution is -2.24. The van der Waals surface area contributed by atoms with Gasteiger partial charge in [-0.15, -0.1) is 0 Å². The lowest BCUT2D eigenvalue weighted by molar-refractivity contribution is -0.117. The number of para-hydroxylation sites is 1. The Morgan fingerprint density at radius 1 is 1.30 bits per heavy atom. The summed E-state index contributed by atoms with van der Waals surface area (Å²) < 4.78 is 14.9. The van der Waals surface area contributed by atoms with Gasteiger partial charge in [-0.1, -0.05) is 55.8 Å². The molecule has 0 radical (unpaired) electrons. The zero-order valence-electron chi connectivity index (χ0n) is 18.2. The van der Waals surface area contributed by atoms with Crippen LogP contribution in [0.25, 0.3) is 16.7 Å². The van der Waals surface area contributed by atoms with E-state index in [1.165, 1.54) is 11.0 Å². The number of rotatable bonds is 6. The number of hydrogen-bond donors (Lipinski definition) is 1. The Hall–Kier alpha value is -2.88. The highest BCUT2D eigenvalue weighted by atomic mass is 19.1. The molecule has 0 bridgehead atoms. The zero-order valence-corrected chi connectivity index (χ0v) is 18.2. The Morgan fingerprint density at radius 2 is 2.07 bits per heavy atom. The van der Waals surface area contributed by atoms with Crippen LogP contribution in [0.4, 0.5) is 10.1 Å². The van der Waals surface area contributed by atoms with Gasteiger partial charge in [-0.3, -0.25) is 4.79 Å². The second-order valence-electron chi connectivity index (χ2n) is 7.96. The maximum Gasteiger partial charge on any atom is 0.227 e. The van der Waals surface area contributed by atoms with Crippen LogP contribution in [0.5, 0.6) is 5.75 Å². The summed E-state index contributed by atoms with van der Waals surface area (Å²) in [7, 11) is 0. The number of carbonyl (C=O) groups excluding carboxylic acids is 1. The van der Waals surface area contributed by atoms with Crippen LogP contribution < -0.4 is 4.90 Å². The third-order valence-electron chi connectivity index (χ3n) is 5.95.